The van der Waals surface area contributed by atoms with E-state index in [1.807, 2.05) is 18.2 Å². The van der Waals surface area contributed by atoms with Gasteiger partial charge in [0.2, 0.25) is 5.91 Å². The number of rotatable bonds is 6. The molecular formula is C19H27N4O2+. The first-order valence-corrected chi connectivity index (χ1v) is 9.30. The highest BCUT2D eigenvalue weighted by atomic mass is 16.1. The molecule has 1 amide bonds. The SMILES string of the molecule is O=C(Cc1n[nH]c(=O)c2ccccc12)NCCC[NH+]1CCCCCC1. The van der Waals surface area contributed by atoms with Crippen LogP contribution < -0.4 is 15.8 Å². The lowest BCUT2D eigenvalue weighted by Gasteiger charge is -2.16. The number of carbonyl (C=O) groups is 1. The largest absolute Gasteiger partial charge is 0.356 e. The fourth-order valence-corrected chi connectivity index (χ4v) is 3.57. The van der Waals surface area contributed by atoms with Crippen LogP contribution in [0.3, 0.4) is 0 Å². The van der Waals surface area contributed by atoms with Crippen LogP contribution in [0.15, 0.2) is 29.1 Å². The van der Waals surface area contributed by atoms with Gasteiger partial charge in [0.05, 0.1) is 37.1 Å². The quantitative estimate of drug-likeness (QED) is 0.666. The van der Waals surface area contributed by atoms with Gasteiger partial charge >= 0.3 is 0 Å². The van der Waals surface area contributed by atoms with Crippen molar-refractivity contribution in [1.82, 2.24) is 15.5 Å². The summed E-state index contributed by atoms with van der Waals surface area (Å²) in [5.41, 5.74) is 0.394. The Balaban J connectivity index is 1.48. The zero-order valence-corrected chi connectivity index (χ0v) is 14.6. The minimum Gasteiger partial charge on any atom is -0.356 e. The highest BCUT2D eigenvalue weighted by Crippen LogP contribution is 2.12. The number of benzene rings is 1. The molecule has 2 heterocycles. The van der Waals surface area contributed by atoms with Crippen LogP contribution in [0.25, 0.3) is 10.8 Å². The smallest absolute Gasteiger partial charge is 0.272 e. The molecule has 2 aromatic rings. The van der Waals surface area contributed by atoms with Gasteiger partial charge < -0.3 is 10.2 Å². The van der Waals surface area contributed by atoms with Gasteiger partial charge in [-0.25, -0.2) is 5.10 Å². The predicted octanol–water partition coefficient (Wildman–Crippen LogP) is 0.431. The molecule has 1 saturated heterocycles. The molecule has 6 nitrogen and oxygen atoms in total. The molecule has 1 aromatic carbocycles. The Bertz CT molecular complexity index is 763. The van der Waals surface area contributed by atoms with Crippen molar-refractivity contribution in [2.24, 2.45) is 0 Å². The molecule has 1 fully saturated rings. The van der Waals surface area contributed by atoms with E-state index in [1.54, 1.807) is 11.0 Å². The Hall–Kier alpha value is -2.21. The monoisotopic (exact) mass is 343 g/mol. The second kappa shape index (κ2) is 8.76. The summed E-state index contributed by atoms with van der Waals surface area (Å²) < 4.78 is 0. The first-order valence-electron chi connectivity index (χ1n) is 9.30. The summed E-state index contributed by atoms with van der Waals surface area (Å²) in [7, 11) is 0. The van der Waals surface area contributed by atoms with Gasteiger partial charge in [-0.15, -0.1) is 0 Å². The molecule has 0 aliphatic carbocycles. The molecule has 0 bridgehead atoms. The van der Waals surface area contributed by atoms with Gasteiger partial charge in [-0.1, -0.05) is 18.2 Å². The number of aromatic amines is 1. The zero-order valence-electron chi connectivity index (χ0n) is 14.6. The number of hydrogen-bond acceptors (Lipinski definition) is 3. The van der Waals surface area contributed by atoms with Gasteiger partial charge in [0.1, 0.15) is 0 Å². The molecule has 0 spiro atoms. The highest BCUT2D eigenvalue weighted by Gasteiger charge is 2.13. The summed E-state index contributed by atoms with van der Waals surface area (Å²) in [5.74, 6) is -0.0458. The molecule has 1 aliphatic rings. The molecule has 134 valence electrons. The summed E-state index contributed by atoms with van der Waals surface area (Å²) in [6, 6.07) is 7.26. The summed E-state index contributed by atoms with van der Waals surface area (Å²) in [6.45, 7) is 4.35. The van der Waals surface area contributed by atoms with Crippen LogP contribution in [-0.2, 0) is 11.2 Å². The number of hydrogen-bond donors (Lipinski definition) is 3. The maximum atomic E-state index is 12.2. The van der Waals surface area contributed by atoms with Gasteiger partial charge in [0, 0.05) is 18.4 Å². The van der Waals surface area contributed by atoms with Crippen molar-refractivity contribution in [2.45, 2.75) is 38.5 Å². The van der Waals surface area contributed by atoms with Crippen LogP contribution in [0.4, 0.5) is 0 Å². The number of likely N-dealkylation sites (tertiary alicyclic amines) is 1. The van der Waals surface area contributed by atoms with E-state index < -0.39 is 0 Å². The number of nitrogens with zero attached hydrogens (tertiary/aromatic N) is 1. The molecule has 1 aliphatic heterocycles. The molecule has 0 atom stereocenters. The molecule has 0 saturated carbocycles. The van der Waals surface area contributed by atoms with Crippen LogP contribution in [0, 0.1) is 0 Å². The standard InChI is InChI=1S/C19H26N4O2/c24-18(20-10-7-13-23-11-5-1-2-6-12-23)14-17-15-8-3-4-9-16(15)19(25)22-21-17/h3-4,8-9H,1-2,5-7,10-14H2,(H,20,24)(H,22,25)/p+1. The van der Waals surface area contributed by atoms with Crippen molar-refractivity contribution in [1.29, 1.82) is 0 Å². The topological polar surface area (TPSA) is 79.3 Å². The van der Waals surface area contributed by atoms with E-state index >= 15 is 0 Å². The number of amides is 1. The third kappa shape index (κ3) is 4.89. The van der Waals surface area contributed by atoms with E-state index in [2.05, 4.69) is 15.5 Å². The average Bonchev–Trinajstić information content (AvgIpc) is 2.90. The van der Waals surface area contributed by atoms with Gasteiger partial charge in [0.15, 0.2) is 0 Å². The summed E-state index contributed by atoms with van der Waals surface area (Å²) >= 11 is 0. The Labute approximate surface area is 147 Å². The predicted molar refractivity (Wildman–Crippen MR) is 97.7 cm³/mol. The number of fused-ring (bicyclic) bond motifs is 1. The maximum absolute atomic E-state index is 12.2. The number of carbonyl (C=O) groups excluding carboxylic acids is 1. The van der Waals surface area contributed by atoms with Gasteiger partial charge in [-0.2, -0.15) is 5.10 Å². The Morgan fingerprint density at radius 1 is 1.12 bits per heavy atom. The van der Waals surface area contributed by atoms with E-state index in [9.17, 15) is 9.59 Å². The molecule has 6 heteroatoms. The summed E-state index contributed by atoms with van der Waals surface area (Å²) in [6.07, 6.45) is 6.56. The molecule has 0 unspecified atom stereocenters. The van der Waals surface area contributed by atoms with Crippen molar-refractivity contribution in [2.75, 3.05) is 26.2 Å². The Morgan fingerprint density at radius 2 is 1.84 bits per heavy atom. The first kappa shape index (κ1) is 17.6. The van der Waals surface area contributed by atoms with Crippen molar-refractivity contribution in [3.8, 4) is 0 Å². The first-order chi connectivity index (χ1) is 12.2. The number of H-pyrrole nitrogens is 1. The van der Waals surface area contributed by atoms with Gasteiger partial charge in [0.25, 0.3) is 5.56 Å². The molecule has 1 aromatic heterocycles. The summed E-state index contributed by atoms with van der Waals surface area (Å²) in [5, 5.41) is 10.8. The van der Waals surface area contributed by atoms with Gasteiger partial charge in [-0.3, -0.25) is 9.59 Å². The van der Waals surface area contributed by atoms with Crippen molar-refractivity contribution in [3.63, 3.8) is 0 Å². The average molecular weight is 343 g/mol. The minimum absolute atomic E-state index is 0.0458. The van der Waals surface area contributed by atoms with Crippen molar-refractivity contribution < 1.29 is 9.69 Å². The van der Waals surface area contributed by atoms with E-state index in [1.165, 1.54) is 38.8 Å². The Morgan fingerprint density at radius 3 is 2.60 bits per heavy atom. The third-order valence-electron chi connectivity index (χ3n) is 4.94. The highest BCUT2D eigenvalue weighted by molar-refractivity contribution is 5.88. The third-order valence-corrected chi connectivity index (χ3v) is 4.94. The van der Waals surface area contributed by atoms with Crippen LogP contribution in [0.5, 0.6) is 0 Å². The van der Waals surface area contributed by atoms with E-state index in [0.29, 0.717) is 17.6 Å². The Kier molecular flexibility index (Phi) is 6.17. The maximum Gasteiger partial charge on any atom is 0.272 e. The van der Waals surface area contributed by atoms with Crippen LogP contribution in [-0.4, -0.2) is 42.3 Å². The van der Waals surface area contributed by atoms with Crippen molar-refractivity contribution in [3.05, 3.63) is 40.3 Å². The van der Waals surface area contributed by atoms with Crippen molar-refractivity contribution >= 4 is 16.7 Å². The lowest BCUT2D eigenvalue weighted by molar-refractivity contribution is -0.899. The van der Waals surface area contributed by atoms with E-state index in [4.69, 9.17) is 0 Å². The molecular weight excluding hydrogens is 316 g/mol. The fraction of sp³-hybridized carbons (Fsp3) is 0.526. The lowest BCUT2D eigenvalue weighted by Crippen LogP contribution is -3.11. The molecule has 3 rings (SSSR count). The second-order valence-corrected chi connectivity index (χ2v) is 6.84. The lowest BCUT2D eigenvalue weighted by atomic mass is 10.1. The second-order valence-electron chi connectivity index (χ2n) is 6.84. The van der Waals surface area contributed by atoms with E-state index in [-0.39, 0.29) is 17.9 Å². The van der Waals surface area contributed by atoms with Crippen LogP contribution >= 0.6 is 0 Å². The van der Waals surface area contributed by atoms with Crippen LogP contribution in [0.1, 0.15) is 37.8 Å². The van der Waals surface area contributed by atoms with Crippen LogP contribution in [0.2, 0.25) is 0 Å². The number of quaternary nitrogens is 1. The minimum atomic E-state index is -0.222. The summed E-state index contributed by atoms with van der Waals surface area (Å²) in [4.78, 5) is 25.6. The normalized spacial score (nSPS) is 15.8. The van der Waals surface area contributed by atoms with E-state index in [0.717, 1.165) is 18.4 Å². The fourth-order valence-electron chi connectivity index (χ4n) is 3.57. The van der Waals surface area contributed by atoms with Gasteiger partial charge in [-0.05, 0) is 31.7 Å². The number of aromatic nitrogens is 2. The number of nitrogens with one attached hydrogen (secondary N) is 3. The molecule has 0 radical (unpaired) electrons. The zero-order chi connectivity index (χ0) is 17.5. The molecule has 3 N–H and O–H groups in total. The molecule has 25 heavy (non-hydrogen) atoms.